The van der Waals surface area contributed by atoms with Gasteiger partial charge in [0.25, 0.3) is 0 Å². The second kappa shape index (κ2) is 6.10. The molecule has 0 bridgehead atoms. The molecule has 1 aromatic carbocycles. The van der Waals surface area contributed by atoms with Crippen LogP contribution in [0.15, 0.2) is 36.7 Å². The quantitative estimate of drug-likeness (QED) is 0.926. The highest BCUT2D eigenvalue weighted by atomic mass is 15.3. The predicted octanol–water partition coefficient (Wildman–Crippen LogP) is 1.57. The number of hydrogen-bond donors (Lipinski definition) is 1. The molecular formula is C16H21N5. The fraction of sp³-hybridized carbons (Fsp3) is 0.375. The standard InChI is InChI=1S/C16H21N5/c1-13-3-4-15(14(11-13)12-17)20-7-9-21(10-8-20)16-18-5-2-6-19-16/h2-6,11H,7-10,12,17H2,1H3. The van der Waals surface area contributed by atoms with Crippen LogP contribution in [0, 0.1) is 6.92 Å². The third-order valence-corrected chi connectivity index (χ3v) is 3.91. The normalized spacial score (nSPS) is 15.3. The average Bonchev–Trinajstić information content (AvgIpc) is 2.56. The van der Waals surface area contributed by atoms with Gasteiger partial charge in [-0.2, -0.15) is 0 Å². The van der Waals surface area contributed by atoms with Crippen molar-refractivity contribution in [2.24, 2.45) is 5.73 Å². The number of nitrogens with zero attached hydrogens (tertiary/aromatic N) is 4. The first-order valence-electron chi connectivity index (χ1n) is 7.34. The minimum atomic E-state index is 0.582. The summed E-state index contributed by atoms with van der Waals surface area (Å²) in [5.74, 6) is 0.820. The zero-order valence-electron chi connectivity index (χ0n) is 12.4. The number of rotatable bonds is 3. The van der Waals surface area contributed by atoms with Crippen LogP contribution in [0.25, 0.3) is 0 Å². The first-order chi connectivity index (χ1) is 10.3. The molecule has 1 aromatic heterocycles. The molecule has 1 aliphatic heterocycles. The Bertz CT molecular complexity index is 591. The lowest BCUT2D eigenvalue weighted by Gasteiger charge is -2.37. The largest absolute Gasteiger partial charge is 0.368 e. The Balaban J connectivity index is 1.71. The van der Waals surface area contributed by atoms with E-state index in [1.165, 1.54) is 16.8 Å². The first kappa shape index (κ1) is 13.8. The molecule has 110 valence electrons. The van der Waals surface area contributed by atoms with E-state index in [0.29, 0.717) is 6.54 Å². The van der Waals surface area contributed by atoms with E-state index in [4.69, 9.17) is 5.73 Å². The topological polar surface area (TPSA) is 58.3 Å². The summed E-state index contributed by atoms with van der Waals surface area (Å²) < 4.78 is 0. The van der Waals surface area contributed by atoms with Crippen LogP contribution in [0.2, 0.25) is 0 Å². The molecule has 2 aromatic rings. The fourth-order valence-electron chi connectivity index (χ4n) is 2.79. The number of nitrogens with two attached hydrogens (primary N) is 1. The number of benzene rings is 1. The lowest BCUT2D eigenvalue weighted by atomic mass is 10.1. The van der Waals surface area contributed by atoms with Crippen molar-refractivity contribution in [1.29, 1.82) is 0 Å². The Morgan fingerprint density at radius 1 is 1.05 bits per heavy atom. The molecule has 0 atom stereocenters. The van der Waals surface area contributed by atoms with E-state index in [2.05, 4.69) is 44.9 Å². The van der Waals surface area contributed by atoms with Crippen LogP contribution in [-0.2, 0) is 6.54 Å². The van der Waals surface area contributed by atoms with Gasteiger partial charge in [0.15, 0.2) is 0 Å². The molecule has 0 unspecified atom stereocenters. The highest BCUT2D eigenvalue weighted by molar-refractivity contribution is 5.56. The second-order valence-electron chi connectivity index (χ2n) is 5.36. The smallest absolute Gasteiger partial charge is 0.225 e. The average molecular weight is 283 g/mol. The summed E-state index contributed by atoms with van der Waals surface area (Å²) in [6.45, 7) is 6.49. The SMILES string of the molecule is Cc1ccc(N2CCN(c3ncccn3)CC2)c(CN)c1. The fourth-order valence-corrected chi connectivity index (χ4v) is 2.79. The van der Waals surface area contributed by atoms with Gasteiger partial charge >= 0.3 is 0 Å². The molecule has 3 rings (SSSR count). The summed E-state index contributed by atoms with van der Waals surface area (Å²) in [5.41, 5.74) is 9.63. The number of aromatic nitrogens is 2. The Morgan fingerprint density at radius 2 is 1.71 bits per heavy atom. The zero-order chi connectivity index (χ0) is 14.7. The third-order valence-electron chi connectivity index (χ3n) is 3.91. The highest BCUT2D eigenvalue weighted by Gasteiger charge is 2.20. The molecule has 5 heteroatoms. The molecule has 0 saturated carbocycles. The lowest BCUT2D eigenvalue weighted by Crippen LogP contribution is -2.47. The Labute approximate surface area is 125 Å². The number of aryl methyl sites for hydroxylation is 1. The molecule has 0 amide bonds. The van der Waals surface area contributed by atoms with Crippen molar-refractivity contribution >= 4 is 11.6 Å². The molecule has 2 heterocycles. The van der Waals surface area contributed by atoms with E-state index < -0.39 is 0 Å². The second-order valence-corrected chi connectivity index (χ2v) is 5.36. The van der Waals surface area contributed by atoms with E-state index in [0.717, 1.165) is 32.1 Å². The third kappa shape index (κ3) is 2.97. The molecule has 21 heavy (non-hydrogen) atoms. The molecule has 1 aliphatic rings. The molecule has 2 N–H and O–H groups in total. The molecule has 5 nitrogen and oxygen atoms in total. The van der Waals surface area contributed by atoms with Gasteiger partial charge in [0, 0.05) is 50.8 Å². The van der Waals surface area contributed by atoms with Crippen molar-refractivity contribution < 1.29 is 0 Å². The van der Waals surface area contributed by atoms with Crippen LogP contribution >= 0.6 is 0 Å². The van der Waals surface area contributed by atoms with Crippen molar-refractivity contribution in [2.75, 3.05) is 36.0 Å². The zero-order valence-corrected chi connectivity index (χ0v) is 12.4. The van der Waals surface area contributed by atoms with Crippen LogP contribution in [0.4, 0.5) is 11.6 Å². The maximum atomic E-state index is 5.89. The number of hydrogen-bond acceptors (Lipinski definition) is 5. The van der Waals surface area contributed by atoms with Crippen molar-refractivity contribution in [3.63, 3.8) is 0 Å². The summed E-state index contributed by atoms with van der Waals surface area (Å²) in [7, 11) is 0. The van der Waals surface area contributed by atoms with Crippen molar-refractivity contribution in [2.45, 2.75) is 13.5 Å². The van der Waals surface area contributed by atoms with Crippen LogP contribution in [0.1, 0.15) is 11.1 Å². The van der Waals surface area contributed by atoms with Crippen LogP contribution in [-0.4, -0.2) is 36.1 Å². The van der Waals surface area contributed by atoms with E-state index >= 15 is 0 Å². The summed E-state index contributed by atoms with van der Waals surface area (Å²) in [6.07, 6.45) is 3.59. The molecule has 1 fully saturated rings. The highest BCUT2D eigenvalue weighted by Crippen LogP contribution is 2.23. The molecule has 0 spiro atoms. The number of anilines is 2. The molecule has 1 saturated heterocycles. The van der Waals surface area contributed by atoms with Crippen LogP contribution in [0.3, 0.4) is 0 Å². The van der Waals surface area contributed by atoms with Gasteiger partial charge in [-0.05, 0) is 24.6 Å². The van der Waals surface area contributed by atoms with Gasteiger partial charge in [-0.1, -0.05) is 17.7 Å². The van der Waals surface area contributed by atoms with Gasteiger partial charge in [-0.3, -0.25) is 0 Å². The predicted molar refractivity (Wildman–Crippen MR) is 85.5 cm³/mol. The van der Waals surface area contributed by atoms with Crippen LogP contribution < -0.4 is 15.5 Å². The molecular weight excluding hydrogens is 262 g/mol. The molecule has 0 radical (unpaired) electrons. The van der Waals surface area contributed by atoms with Gasteiger partial charge in [-0.15, -0.1) is 0 Å². The van der Waals surface area contributed by atoms with E-state index in [1.54, 1.807) is 12.4 Å². The Hall–Kier alpha value is -2.14. The van der Waals surface area contributed by atoms with Gasteiger partial charge < -0.3 is 15.5 Å². The van der Waals surface area contributed by atoms with Crippen molar-refractivity contribution in [3.8, 4) is 0 Å². The Kier molecular flexibility index (Phi) is 4.01. The van der Waals surface area contributed by atoms with Gasteiger partial charge in [0.05, 0.1) is 0 Å². The van der Waals surface area contributed by atoms with Gasteiger partial charge in [-0.25, -0.2) is 9.97 Å². The Morgan fingerprint density at radius 3 is 2.38 bits per heavy atom. The van der Waals surface area contributed by atoms with Gasteiger partial charge in [0.2, 0.25) is 5.95 Å². The monoisotopic (exact) mass is 283 g/mol. The van der Waals surface area contributed by atoms with E-state index in [9.17, 15) is 0 Å². The lowest BCUT2D eigenvalue weighted by molar-refractivity contribution is 0.638. The van der Waals surface area contributed by atoms with Crippen molar-refractivity contribution in [1.82, 2.24) is 9.97 Å². The minimum Gasteiger partial charge on any atom is -0.368 e. The maximum Gasteiger partial charge on any atom is 0.225 e. The molecule has 0 aliphatic carbocycles. The number of piperazine rings is 1. The summed E-state index contributed by atoms with van der Waals surface area (Å²) in [6, 6.07) is 8.37. The van der Waals surface area contributed by atoms with Gasteiger partial charge in [0.1, 0.15) is 0 Å². The summed E-state index contributed by atoms with van der Waals surface area (Å²) >= 11 is 0. The maximum absolute atomic E-state index is 5.89. The van der Waals surface area contributed by atoms with E-state index in [-0.39, 0.29) is 0 Å². The summed E-state index contributed by atoms with van der Waals surface area (Å²) in [4.78, 5) is 13.3. The van der Waals surface area contributed by atoms with Crippen molar-refractivity contribution in [3.05, 3.63) is 47.8 Å². The summed E-state index contributed by atoms with van der Waals surface area (Å²) in [5, 5.41) is 0. The minimum absolute atomic E-state index is 0.582. The van der Waals surface area contributed by atoms with Crippen LogP contribution in [0.5, 0.6) is 0 Å². The van der Waals surface area contributed by atoms with E-state index in [1.807, 2.05) is 6.07 Å². The first-order valence-corrected chi connectivity index (χ1v) is 7.34.